The molecule has 5 nitrogen and oxygen atoms in total. The molecule has 1 atom stereocenters. The second-order valence-electron chi connectivity index (χ2n) is 7.24. The van der Waals surface area contributed by atoms with Gasteiger partial charge in [-0.3, -0.25) is 14.9 Å². The molecule has 1 N–H and O–H groups in total. The van der Waals surface area contributed by atoms with Gasteiger partial charge < -0.3 is 5.32 Å². The lowest BCUT2D eigenvalue weighted by Crippen LogP contribution is -2.32. The van der Waals surface area contributed by atoms with E-state index in [0.29, 0.717) is 11.5 Å². The molecular weight excluding hydrogens is 328 g/mol. The fourth-order valence-electron chi connectivity index (χ4n) is 3.03. The van der Waals surface area contributed by atoms with Gasteiger partial charge in [-0.1, -0.05) is 64.1 Å². The fraction of sp³-hybridized carbons (Fsp3) is 0.381. The number of benzene rings is 2. The van der Waals surface area contributed by atoms with E-state index in [9.17, 15) is 14.9 Å². The molecule has 5 heteroatoms. The Labute approximate surface area is 154 Å². The Kier molecular flexibility index (Phi) is 6.14. The number of nitro groups is 1. The lowest BCUT2D eigenvalue weighted by Gasteiger charge is -2.23. The summed E-state index contributed by atoms with van der Waals surface area (Å²) >= 11 is 0. The van der Waals surface area contributed by atoms with Crippen LogP contribution >= 0.6 is 0 Å². The zero-order valence-electron chi connectivity index (χ0n) is 15.9. The van der Waals surface area contributed by atoms with E-state index in [2.05, 4.69) is 31.3 Å². The molecule has 0 spiro atoms. The monoisotopic (exact) mass is 354 g/mol. The number of carbonyl (C=O) groups excluding carboxylic acids is 1. The van der Waals surface area contributed by atoms with Crippen molar-refractivity contribution < 1.29 is 9.72 Å². The van der Waals surface area contributed by atoms with Crippen molar-refractivity contribution in [1.29, 1.82) is 0 Å². The minimum Gasteiger partial charge on any atom is -0.345 e. The smallest absolute Gasteiger partial charge is 0.285 e. The molecule has 0 aromatic heterocycles. The minimum absolute atomic E-state index is 0.0967. The quantitative estimate of drug-likeness (QED) is 0.576. The maximum atomic E-state index is 12.8. The van der Waals surface area contributed by atoms with E-state index in [0.717, 1.165) is 5.56 Å². The first-order valence-electron chi connectivity index (χ1n) is 8.87. The molecule has 2 aromatic rings. The van der Waals surface area contributed by atoms with Gasteiger partial charge in [-0.2, -0.15) is 0 Å². The molecule has 0 radical (unpaired) electrons. The SMILES string of the molecule is Cc1cccc(C(=O)NC(c2ccc(C(C)C)cc2)C(C)C)c1[N+](=O)[O-]. The molecule has 0 saturated carbocycles. The van der Waals surface area contributed by atoms with E-state index >= 15 is 0 Å². The van der Waals surface area contributed by atoms with Gasteiger partial charge in [-0.15, -0.1) is 0 Å². The highest BCUT2D eigenvalue weighted by Crippen LogP contribution is 2.27. The van der Waals surface area contributed by atoms with Crippen LogP contribution in [0.5, 0.6) is 0 Å². The first-order chi connectivity index (χ1) is 12.2. The van der Waals surface area contributed by atoms with Crippen molar-refractivity contribution in [3.63, 3.8) is 0 Å². The first kappa shape index (κ1) is 19.6. The largest absolute Gasteiger partial charge is 0.345 e. The molecule has 1 unspecified atom stereocenters. The van der Waals surface area contributed by atoms with Crippen LogP contribution in [0.1, 0.15) is 66.7 Å². The topological polar surface area (TPSA) is 72.2 Å². The number of rotatable bonds is 6. The van der Waals surface area contributed by atoms with Gasteiger partial charge in [0.1, 0.15) is 5.56 Å². The molecule has 1 amide bonds. The number of aryl methyl sites for hydroxylation is 1. The van der Waals surface area contributed by atoms with Crippen LogP contribution in [-0.4, -0.2) is 10.8 Å². The summed E-state index contributed by atoms with van der Waals surface area (Å²) in [5.74, 6) is 0.158. The lowest BCUT2D eigenvalue weighted by atomic mass is 9.93. The highest BCUT2D eigenvalue weighted by molar-refractivity contribution is 5.98. The van der Waals surface area contributed by atoms with Crippen LogP contribution in [0.3, 0.4) is 0 Å². The van der Waals surface area contributed by atoms with Gasteiger partial charge in [0.2, 0.25) is 0 Å². The van der Waals surface area contributed by atoms with Crippen molar-refractivity contribution in [3.05, 3.63) is 74.8 Å². The van der Waals surface area contributed by atoms with Crippen molar-refractivity contribution >= 4 is 11.6 Å². The molecule has 0 heterocycles. The highest BCUT2D eigenvalue weighted by atomic mass is 16.6. The summed E-state index contributed by atoms with van der Waals surface area (Å²) in [7, 11) is 0. The summed E-state index contributed by atoms with van der Waals surface area (Å²) in [4.78, 5) is 23.6. The number of para-hydroxylation sites is 1. The minimum atomic E-state index is -0.494. The molecular formula is C21H26N2O3. The van der Waals surface area contributed by atoms with Gasteiger partial charge >= 0.3 is 0 Å². The summed E-state index contributed by atoms with van der Waals surface area (Å²) in [6.45, 7) is 9.94. The average molecular weight is 354 g/mol. The molecule has 0 aliphatic heterocycles. The van der Waals surface area contributed by atoms with Gasteiger partial charge in [0, 0.05) is 5.56 Å². The Morgan fingerprint density at radius 3 is 2.08 bits per heavy atom. The number of nitro benzene ring substituents is 1. The third kappa shape index (κ3) is 4.28. The molecule has 26 heavy (non-hydrogen) atoms. The average Bonchev–Trinajstić information content (AvgIpc) is 2.58. The fourth-order valence-corrected chi connectivity index (χ4v) is 3.03. The number of nitrogens with one attached hydrogen (secondary N) is 1. The van der Waals surface area contributed by atoms with Crippen LogP contribution in [0.4, 0.5) is 5.69 Å². The van der Waals surface area contributed by atoms with Crippen molar-refractivity contribution in [2.24, 2.45) is 5.92 Å². The van der Waals surface area contributed by atoms with Crippen LogP contribution in [-0.2, 0) is 0 Å². The van der Waals surface area contributed by atoms with E-state index in [1.165, 1.54) is 11.6 Å². The third-order valence-electron chi connectivity index (χ3n) is 4.58. The van der Waals surface area contributed by atoms with Gasteiger partial charge in [0.25, 0.3) is 11.6 Å². The molecule has 0 fully saturated rings. The van der Waals surface area contributed by atoms with Crippen molar-refractivity contribution in [1.82, 2.24) is 5.32 Å². The molecule has 0 aliphatic rings. The van der Waals surface area contributed by atoms with Crippen LogP contribution < -0.4 is 5.32 Å². The molecule has 0 saturated heterocycles. The Balaban J connectivity index is 2.32. The van der Waals surface area contributed by atoms with Crippen molar-refractivity contribution in [2.45, 2.75) is 46.6 Å². The normalized spacial score (nSPS) is 12.3. The van der Waals surface area contributed by atoms with E-state index in [1.807, 2.05) is 26.0 Å². The molecule has 0 bridgehead atoms. The zero-order valence-corrected chi connectivity index (χ0v) is 15.9. The van der Waals surface area contributed by atoms with Gasteiger partial charge in [-0.25, -0.2) is 0 Å². The first-order valence-corrected chi connectivity index (χ1v) is 8.87. The predicted octanol–water partition coefficient (Wildman–Crippen LogP) is 5.15. The maximum Gasteiger partial charge on any atom is 0.285 e. The van der Waals surface area contributed by atoms with Crippen LogP contribution in [0, 0.1) is 23.0 Å². The number of hydrogen-bond acceptors (Lipinski definition) is 3. The Morgan fingerprint density at radius 1 is 1.00 bits per heavy atom. The van der Waals surface area contributed by atoms with Crippen molar-refractivity contribution in [3.8, 4) is 0 Å². The second kappa shape index (κ2) is 8.13. The molecule has 2 rings (SSSR count). The van der Waals surface area contributed by atoms with E-state index in [1.54, 1.807) is 19.1 Å². The molecule has 2 aromatic carbocycles. The van der Waals surface area contributed by atoms with Crippen LogP contribution in [0.25, 0.3) is 0 Å². The van der Waals surface area contributed by atoms with Crippen LogP contribution in [0.15, 0.2) is 42.5 Å². The van der Waals surface area contributed by atoms with E-state index in [4.69, 9.17) is 0 Å². The Hall–Kier alpha value is -2.69. The van der Waals surface area contributed by atoms with E-state index < -0.39 is 10.8 Å². The van der Waals surface area contributed by atoms with Gasteiger partial charge in [0.15, 0.2) is 0 Å². The maximum absolute atomic E-state index is 12.8. The van der Waals surface area contributed by atoms with E-state index in [-0.39, 0.29) is 23.2 Å². The standard InChI is InChI=1S/C21H26N2O3/c1-13(2)16-9-11-17(12-10-16)19(14(3)4)22-21(24)18-8-6-7-15(5)20(18)23(25)26/h6-14,19H,1-5H3,(H,22,24). The van der Waals surface area contributed by atoms with Crippen molar-refractivity contribution in [2.75, 3.05) is 0 Å². The zero-order chi connectivity index (χ0) is 19.4. The third-order valence-corrected chi connectivity index (χ3v) is 4.58. The Morgan fingerprint density at radius 2 is 1.58 bits per heavy atom. The van der Waals surface area contributed by atoms with Crippen LogP contribution in [0.2, 0.25) is 0 Å². The molecule has 138 valence electrons. The number of hydrogen-bond donors (Lipinski definition) is 1. The number of amides is 1. The Bertz CT molecular complexity index is 795. The molecule has 0 aliphatic carbocycles. The van der Waals surface area contributed by atoms with Gasteiger partial charge in [0.05, 0.1) is 11.0 Å². The number of nitrogens with zero attached hydrogens (tertiary/aromatic N) is 1. The summed E-state index contributed by atoms with van der Waals surface area (Å²) in [5.41, 5.74) is 2.66. The summed E-state index contributed by atoms with van der Waals surface area (Å²) in [6.07, 6.45) is 0. The van der Waals surface area contributed by atoms with Gasteiger partial charge in [-0.05, 0) is 36.0 Å². The number of carbonyl (C=O) groups is 1. The second-order valence-corrected chi connectivity index (χ2v) is 7.24. The summed E-state index contributed by atoms with van der Waals surface area (Å²) in [6, 6.07) is 12.8. The summed E-state index contributed by atoms with van der Waals surface area (Å²) < 4.78 is 0. The summed E-state index contributed by atoms with van der Waals surface area (Å²) in [5, 5.41) is 14.3. The predicted molar refractivity (Wildman–Crippen MR) is 103 cm³/mol. The lowest BCUT2D eigenvalue weighted by molar-refractivity contribution is -0.385. The highest BCUT2D eigenvalue weighted by Gasteiger charge is 2.26.